The van der Waals surface area contributed by atoms with Crippen molar-refractivity contribution in [3.05, 3.63) is 24.3 Å². The van der Waals surface area contributed by atoms with E-state index in [0.717, 1.165) is 12.1 Å². The number of carbonyl (C=O) groups is 2. The Morgan fingerprint density at radius 3 is 2.83 bits per heavy atom. The van der Waals surface area contributed by atoms with Gasteiger partial charge < -0.3 is 15.3 Å². The van der Waals surface area contributed by atoms with Crippen LogP contribution in [-0.2, 0) is 4.79 Å². The molecular formula is C17H23N3O3. The van der Waals surface area contributed by atoms with Gasteiger partial charge in [0, 0.05) is 13.1 Å². The molecule has 0 bridgehead atoms. The molecule has 23 heavy (non-hydrogen) atoms. The summed E-state index contributed by atoms with van der Waals surface area (Å²) in [4.78, 5) is 28.9. The molecule has 1 aromatic rings. The van der Waals surface area contributed by atoms with E-state index < -0.39 is 12.1 Å². The SMILES string of the molecule is CCC(C)C1C(=O)Nc2ccccc2N1C(=O)N1CCC(O)C1. The highest BCUT2D eigenvalue weighted by molar-refractivity contribution is 6.11. The van der Waals surface area contributed by atoms with Crippen molar-refractivity contribution in [2.75, 3.05) is 23.3 Å². The molecule has 0 saturated carbocycles. The van der Waals surface area contributed by atoms with Gasteiger partial charge >= 0.3 is 6.03 Å². The molecule has 2 aliphatic rings. The highest BCUT2D eigenvalue weighted by Crippen LogP contribution is 2.36. The van der Waals surface area contributed by atoms with Crippen LogP contribution in [0.2, 0.25) is 0 Å². The molecule has 124 valence electrons. The minimum absolute atomic E-state index is 0.0415. The molecule has 3 atom stereocenters. The number of fused-ring (bicyclic) bond motifs is 1. The van der Waals surface area contributed by atoms with E-state index in [1.165, 1.54) is 0 Å². The zero-order valence-corrected chi connectivity index (χ0v) is 13.5. The third kappa shape index (κ3) is 2.79. The Morgan fingerprint density at radius 1 is 1.43 bits per heavy atom. The highest BCUT2D eigenvalue weighted by atomic mass is 16.3. The van der Waals surface area contributed by atoms with Crippen LogP contribution < -0.4 is 10.2 Å². The zero-order valence-electron chi connectivity index (χ0n) is 13.5. The molecule has 2 N–H and O–H groups in total. The largest absolute Gasteiger partial charge is 0.391 e. The van der Waals surface area contributed by atoms with E-state index in [-0.39, 0.29) is 17.9 Å². The minimum atomic E-state index is -0.528. The summed E-state index contributed by atoms with van der Waals surface area (Å²) in [6, 6.07) is 6.64. The van der Waals surface area contributed by atoms with Gasteiger partial charge in [-0.15, -0.1) is 0 Å². The van der Waals surface area contributed by atoms with Crippen LogP contribution in [0.25, 0.3) is 0 Å². The zero-order chi connectivity index (χ0) is 16.6. The molecule has 0 radical (unpaired) electrons. The van der Waals surface area contributed by atoms with Crippen molar-refractivity contribution in [1.29, 1.82) is 0 Å². The number of urea groups is 1. The second-order valence-corrected chi connectivity index (χ2v) is 6.38. The maximum absolute atomic E-state index is 13.0. The molecule has 0 aromatic heterocycles. The number of aliphatic hydroxyl groups is 1. The van der Waals surface area contributed by atoms with Gasteiger partial charge in [-0.05, 0) is 24.5 Å². The van der Waals surface area contributed by atoms with Gasteiger partial charge in [-0.25, -0.2) is 4.79 Å². The third-order valence-corrected chi connectivity index (χ3v) is 4.79. The van der Waals surface area contributed by atoms with Crippen molar-refractivity contribution < 1.29 is 14.7 Å². The van der Waals surface area contributed by atoms with Crippen molar-refractivity contribution in [2.45, 2.75) is 38.8 Å². The normalized spacial score (nSPS) is 25.1. The Balaban J connectivity index is 2.00. The lowest BCUT2D eigenvalue weighted by atomic mass is 9.94. The van der Waals surface area contributed by atoms with Crippen molar-refractivity contribution >= 4 is 23.3 Å². The van der Waals surface area contributed by atoms with E-state index in [1.54, 1.807) is 15.9 Å². The summed E-state index contributed by atoms with van der Waals surface area (Å²) >= 11 is 0. The number of hydrogen-bond acceptors (Lipinski definition) is 3. The van der Waals surface area contributed by atoms with E-state index >= 15 is 0 Å². The first-order chi connectivity index (χ1) is 11.0. The lowest BCUT2D eigenvalue weighted by Gasteiger charge is -2.40. The Morgan fingerprint density at radius 2 is 2.17 bits per heavy atom. The summed E-state index contributed by atoms with van der Waals surface area (Å²) in [6.45, 7) is 4.85. The number of aliphatic hydroxyl groups excluding tert-OH is 1. The number of anilines is 2. The molecule has 3 unspecified atom stereocenters. The van der Waals surface area contributed by atoms with E-state index in [9.17, 15) is 14.7 Å². The average molecular weight is 317 g/mol. The molecule has 3 amide bonds. The molecule has 2 aliphatic heterocycles. The summed E-state index contributed by atoms with van der Waals surface area (Å²) in [7, 11) is 0. The van der Waals surface area contributed by atoms with Gasteiger partial charge in [0.2, 0.25) is 5.91 Å². The number of hydrogen-bond donors (Lipinski definition) is 2. The van der Waals surface area contributed by atoms with Crippen molar-refractivity contribution in [3.8, 4) is 0 Å². The van der Waals surface area contributed by atoms with Crippen LogP contribution in [0.4, 0.5) is 16.2 Å². The topological polar surface area (TPSA) is 72.9 Å². The van der Waals surface area contributed by atoms with Gasteiger partial charge in [0.15, 0.2) is 0 Å². The number of para-hydroxylation sites is 2. The van der Waals surface area contributed by atoms with E-state index in [0.29, 0.717) is 25.2 Å². The second kappa shape index (κ2) is 6.20. The number of amides is 3. The molecule has 6 nitrogen and oxygen atoms in total. The van der Waals surface area contributed by atoms with Gasteiger partial charge in [-0.2, -0.15) is 0 Å². The second-order valence-electron chi connectivity index (χ2n) is 6.38. The van der Waals surface area contributed by atoms with Crippen LogP contribution in [0.5, 0.6) is 0 Å². The van der Waals surface area contributed by atoms with Crippen LogP contribution in [0, 0.1) is 5.92 Å². The van der Waals surface area contributed by atoms with Crippen molar-refractivity contribution in [3.63, 3.8) is 0 Å². The average Bonchev–Trinajstić information content (AvgIpc) is 2.98. The monoisotopic (exact) mass is 317 g/mol. The Bertz CT molecular complexity index is 619. The highest BCUT2D eigenvalue weighted by Gasteiger charge is 2.42. The lowest BCUT2D eigenvalue weighted by molar-refractivity contribution is -0.118. The van der Waals surface area contributed by atoms with Crippen molar-refractivity contribution in [2.24, 2.45) is 5.92 Å². The molecule has 0 spiro atoms. The maximum Gasteiger partial charge on any atom is 0.325 e. The number of rotatable bonds is 2. The first-order valence-electron chi connectivity index (χ1n) is 8.19. The number of likely N-dealkylation sites (tertiary alicyclic amines) is 1. The van der Waals surface area contributed by atoms with Crippen LogP contribution in [-0.4, -0.2) is 47.2 Å². The smallest absolute Gasteiger partial charge is 0.325 e. The van der Waals surface area contributed by atoms with Gasteiger partial charge in [-0.1, -0.05) is 32.4 Å². The van der Waals surface area contributed by atoms with Gasteiger partial charge in [-0.3, -0.25) is 9.69 Å². The Hall–Kier alpha value is -2.08. The predicted octanol–water partition coefficient (Wildman–Crippen LogP) is 2.05. The molecular weight excluding hydrogens is 294 g/mol. The summed E-state index contributed by atoms with van der Waals surface area (Å²) in [5, 5.41) is 12.6. The molecule has 1 fully saturated rings. The van der Waals surface area contributed by atoms with E-state index in [1.807, 2.05) is 32.0 Å². The maximum atomic E-state index is 13.0. The molecule has 3 rings (SSSR count). The minimum Gasteiger partial charge on any atom is -0.391 e. The standard InChI is InChI=1S/C17H23N3O3/c1-3-11(2)15-16(22)18-13-6-4-5-7-14(13)20(15)17(23)19-9-8-12(21)10-19/h4-7,11-12,15,21H,3,8-10H2,1-2H3,(H,18,22). The molecule has 1 aromatic carbocycles. The van der Waals surface area contributed by atoms with Gasteiger partial charge in [0.05, 0.1) is 17.5 Å². The van der Waals surface area contributed by atoms with Gasteiger partial charge in [0.25, 0.3) is 0 Å². The van der Waals surface area contributed by atoms with Crippen LogP contribution >= 0.6 is 0 Å². The third-order valence-electron chi connectivity index (χ3n) is 4.79. The summed E-state index contributed by atoms with van der Waals surface area (Å²) in [6.07, 6.45) is 0.906. The van der Waals surface area contributed by atoms with Crippen LogP contribution in [0.15, 0.2) is 24.3 Å². The molecule has 1 saturated heterocycles. The number of benzene rings is 1. The Labute approximate surface area is 136 Å². The van der Waals surface area contributed by atoms with Crippen LogP contribution in [0.3, 0.4) is 0 Å². The Kier molecular flexibility index (Phi) is 4.26. The number of nitrogens with one attached hydrogen (secondary N) is 1. The fourth-order valence-corrected chi connectivity index (χ4v) is 3.29. The fourth-order valence-electron chi connectivity index (χ4n) is 3.29. The van der Waals surface area contributed by atoms with E-state index in [4.69, 9.17) is 0 Å². The van der Waals surface area contributed by atoms with E-state index in [2.05, 4.69) is 5.32 Å². The van der Waals surface area contributed by atoms with Crippen LogP contribution in [0.1, 0.15) is 26.7 Å². The predicted molar refractivity (Wildman–Crippen MR) is 88.4 cm³/mol. The van der Waals surface area contributed by atoms with Crippen molar-refractivity contribution in [1.82, 2.24) is 4.90 Å². The molecule has 6 heteroatoms. The first-order valence-corrected chi connectivity index (χ1v) is 8.19. The fraction of sp³-hybridized carbons (Fsp3) is 0.529. The quantitative estimate of drug-likeness (QED) is 0.877. The first kappa shape index (κ1) is 15.8. The summed E-state index contributed by atoms with van der Waals surface area (Å²) in [5.74, 6) is -0.106. The summed E-state index contributed by atoms with van der Waals surface area (Å²) < 4.78 is 0. The summed E-state index contributed by atoms with van der Waals surface area (Å²) in [5.41, 5.74) is 1.38. The number of β-amino-alcohol motifs (C(OH)–C–C–N with tert-alkyl or cyclic N) is 1. The number of nitrogens with zero attached hydrogens (tertiary/aromatic N) is 2. The molecule has 2 heterocycles. The molecule has 0 aliphatic carbocycles. The number of carbonyl (C=O) groups excluding carboxylic acids is 2. The lowest BCUT2D eigenvalue weighted by Crippen LogP contribution is -2.57. The van der Waals surface area contributed by atoms with Gasteiger partial charge in [0.1, 0.15) is 6.04 Å².